The molecule has 1 heterocycles. The van der Waals surface area contributed by atoms with E-state index < -0.39 is 0 Å². The SMILES string of the molecule is CCC1(Cn2c(C(C)Cl)nc3ccccc32)CCCC1. The highest BCUT2D eigenvalue weighted by Crippen LogP contribution is 2.43. The highest BCUT2D eigenvalue weighted by Gasteiger charge is 2.33. The van der Waals surface area contributed by atoms with Crippen molar-refractivity contribution in [1.82, 2.24) is 9.55 Å². The molecular formula is C17H23ClN2. The molecule has 1 atom stereocenters. The third kappa shape index (κ3) is 2.35. The number of rotatable bonds is 4. The van der Waals surface area contributed by atoms with Crippen LogP contribution in [-0.2, 0) is 6.54 Å². The Kier molecular flexibility index (Phi) is 3.76. The van der Waals surface area contributed by atoms with Crippen molar-refractivity contribution in [2.24, 2.45) is 5.41 Å². The molecule has 1 unspecified atom stereocenters. The van der Waals surface area contributed by atoms with Crippen LogP contribution in [0.4, 0.5) is 0 Å². The predicted octanol–water partition coefficient (Wildman–Crippen LogP) is 5.31. The summed E-state index contributed by atoms with van der Waals surface area (Å²) in [5.41, 5.74) is 2.75. The number of fused-ring (bicyclic) bond motifs is 1. The number of para-hydroxylation sites is 2. The summed E-state index contributed by atoms with van der Waals surface area (Å²) in [6.07, 6.45) is 6.66. The summed E-state index contributed by atoms with van der Waals surface area (Å²) >= 11 is 6.37. The van der Waals surface area contributed by atoms with E-state index in [-0.39, 0.29) is 5.38 Å². The largest absolute Gasteiger partial charge is 0.326 e. The lowest BCUT2D eigenvalue weighted by Crippen LogP contribution is -2.24. The first-order chi connectivity index (χ1) is 9.65. The first-order valence-electron chi connectivity index (χ1n) is 7.74. The number of imidazole rings is 1. The molecule has 3 rings (SSSR count). The van der Waals surface area contributed by atoms with E-state index >= 15 is 0 Å². The third-order valence-corrected chi connectivity index (χ3v) is 5.14. The fraction of sp³-hybridized carbons (Fsp3) is 0.588. The van der Waals surface area contributed by atoms with Gasteiger partial charge in [-0.15, -0.1) is 11.6 Å². The maximum absolute atomic E-state index is 6.37. The molecule has 1 aliphatic carbocycles. The van der Waals surface area contributed by atoms with Gasteiger partial charge in [0, 0.05) is 6.54 Å². The van der Waals surface area contributed by atoms with E-state index in [1.165, 1.54) is 37.6 Å². The van der Waals surface area contributed by atoms with Crippen molar-refractivity contribution in [2.75, 3.05) is 0 Å². The molecule has 2 nitrogen and oxygen atoms in total. The average molecular weight is 291 g/mol. The number of aromatic nitrogens is 2. The van der Waals surface area contributed by atoms with Crippen LogP contribution >= 0.6 is 11.6 Å². The summed E-state index contributed by atoms with van der Waals surface area (Å²) in [7, 11) is 0. The molecule has 1 aliphatic rings. The molecule has 1 fully saturated rings. The Hall–Kier alpha value is -1.02. The summed E-state index contributed by atoms with van der Waals surface area (Å²) in [5.74, 6) is 1.02. The summed E-state index contributed by atoms with van der Waals surface area (Å²) in [4.78, 5) is 4.75. The minimum atomic E-state index is -0.0438. The van der Waals surface area contributed by atoms with Crippen LogP contribution in [0.3, 0.4) is 0 Å². The van der Waals surface area contributed by atoms with Gasteiger partial charge in [-0.1, -0.05) is 31.9 Å². The molecule has 2 aromatic rings. The van der Waals surface area contributed by atoms with Gasteiger partial charge >= 0.3 is 0 Å². The van der Waals surface area contributed by atoms with Crippen molar-refractivity contribution in [1.29, 1.82) is 0 Å². The van der Waals surface area contributed by atoms with Gasteiger partial charge in [-0.05, 0) is 43.7 Å². The first kappa shape index (κ1) is 13.9. The maximum atomic E-state index is 6.37. The average Bonchev–Trinajstić information content (AvgIpc) is 3.05. The van der Waals surface area contributed by atoms with Crippen LogP contribution in [0.25, 0.3) is 11.0 Å². The van der Waals surface area contributed by atoms with E-state index in [9.17, 15) is 0 Å². The highest BCUT2D eigenvalue weighted by molar-refractivity contribution is 6.20. The smallest absolute Gasteiger partial charge is 0.127 e. The quantitative estimate of drug-likeness (QED) is 0.698. The Labute approximate surface area is 126 Å². The molecule has 1 saturated carbocycles. The van der Waals surface area contributed by atoms with Gasteiger partial charge in [0.15, 0.2) is 0 Å². The van der Waals surface area contributed by atoms with Crippen molar-refractivity contribution in [3.63, 3.8) is 0 Å². The molecule has 1 aromatic heterocycles. The zero-order chi connectivity index (χ0) is 14.2. The molecule has 0 bridgehead atoms. The Morgan fingerprint density at radius 3 is 2.65 bits per heavy atom. The Balaban J connectivity index is 2.07. The second-order valence-corrected chi connectivity index (χ2v) is 6.88. The Morgan fingerprint density at radius 2 is 2.00 bits per heavy atom. The third-order valence-electron chi connectivity index (χ3n) is 4.95. The number of alkyl halides is 1. The number of halogens is 1. The number of hydrogen-bond acceptors (Lipinski definition) is 1. The number of hydrogen-bond donors (Lipinski definition) is 0. The molecule has 108 valence electrons. The van der Waals surface area contributed by atoms with Gasteiger partial charge in [-0.3, -0.25) is 0 Å². The topological polar surface area (TPSA) is 17.8 Å². The molecule has 20 heavy (non-hydrogen) atoms. The minimum Gasteiger partial charge on any atom is -0.326 e. The molecule has 0 spiro atoms. The molecule has 0 N–H and O–H groups in total. The molecule has 3 heteroatoms. The van der Waals surface area contributed by atoms with Crippen molar-refractivity contribution in [2.45, 2.75) is 57.9 Å². The Bertz CT molecular complexity index is 594. The maximum Gasteiger partial charge on any atom is 0.127 e. The van der Waals surface area contributed by atoms with Crippen molar-refractivity contribution < 1.29 is 0 Å². The summed E-state index contributed by atoms with van der Waals surface area (Å²) in [6.45, 7) is 5.41. The summed E-state index contributed by atoms with van der Waals surface area (Å²) in [5, 5.41) is -0.0438. The van der Waals surface area contributed by atoms with E-state index in [1.54, 1.807) is 0 Å². The minimum absolute atomic E-state index is 0.0438. The monoisotopic (exact) mass is 290 g/mol. The Morgan fingerprint density at radius 1 is 1.30 bits per heavy atom. The van der Waals surface area contributed by atoms with Gasteiger partial charge in [0.05, 0.1) is 16.4 Å². The van der Waals surface area contributed by atoms with Crippen LogP contribution in [0.1, 0.15) is 57.2 Å². The summed E-state index contributed by atoms with van der Waals surface area (Å²) in [6, 6.07) is 8.40. The van der Waals surface area contributed by atoms with Crippen molar-refractivity contribution in [3.05, 3.63) is 30.1 Å². The molecular weight excluding hydrogens is 268 g/mol. The normalized spacial score (nSPS) is 19.6. The van der Waals surface area contributed by atoms with E-state index in [0.29, 0.717) is 5.41 Å². The van der Waals surface area contributed by atoms with Crippen LogP contribution in [0.5, 0.6) is 0 Å². The zero-order valence-electron chi connectivity index (χ0n) is 12.4. The highest BCUT2D eigenvalue weighted by atomic mass is 35.5. The van der Waals surface area contributed by atoms with Crippen LogP contribution in [0, 0.1) is 5.41 Å². The van der Waals surface area contributed by atoms with E-state index in [0.717, 1.165) is 17.9 Å². The van der Waals surface area contributed by atoms with Crippen LogP contribution in [0.15, 0.2) is 24.3 Å². The lowest BCUT2D eigenvalue weighted by molar-refractivity contribution is 0.237. The summed E-state index contributed by atoms with van der Waals surface area (Å²) < 4.78 is 2.38. The van der Waals surface area contributed by atoms with Gasteiger partial charge in [0.1, 0.15) is 5.82 Å². The standard InChI is InChI=1S/C17H23ClN2/c1-3-17(10-6-7-11-17)12-20-15-9-5-4-8-14(15)19-16(20)13(2)18/h4-5,8-9,13H,3,6-7,10-12H2,1-2H3. The molecule has 0 aliphatic heterocycles. The van der Waals surface area contributed by atoms with Gasteiger partial charge < -0.3 is 4.57 Å². The van der Waals surface area contributed by atoms with E-state index in [4.69, 9.17) is 16.6 Å². The van der Waals surface area contributed by atoms with E-state index in [2.05, 4.69) is 29.7 Å². The molecule has 0 saturated heterocycles. The number of benzene rings is 1. The predicted molar refractivity (Wildman–Crippen MR) is 85.2 cm³/mol. The second kappa shape index (κ2) is 5.40. The first-order valence-corrected chi connectivity index (χ1v) is 8.18. The zero-order valence-corrected chi connectivity index (χ0v) is 13.2. The molecule has 0 amide bonds. The van der Waals surface area contributed by atoms with E-state index in [1.807, 2.05) is 13.0 Å². The number of nitrogens with zero attached hydrogens (tertiary/aromatic N) is 2. The van der Waals surface area contributed by atoms with Crippen molar-refractivity contribution in [3.8, 4) is 0 Å². The second-order valence-electron chi connectivity index (χ2n) is 6.22. The van der Waals surface area contributed by atoms with Gasteiger partial charge in [-0.25, -0.2) is 4.98 Å². The molecule has 0 radical (unpaired) electrons. The van der Waals surface area contributed by atoms with Gasteiger partial charge in [0.25, 0.3) is 0 Å². The lowest BCUT2D eigenvalue weighted by Gasteiger charge is -2.29. The van der Waals surface area contributed by atoms with Crippen LogP contribution < -0.4 is 0 Å². The van der Waals surface area contributed by atoms with Gasteiger partial charge in [0.2, 0.25) is 0 Å². The van der Waals surface area contributed by atoms with Crippen molar-refractivity contribution >= 4 is 22.6 Å². The molecule has 1 aromatic carbocycles. The van der Waals surface area contributed by atoms with Crippen LogP contribution in [-0.4, -0.2) is 9.55 Å². The van der Waals surface area contributed by atoms with Gasteiger partial charge in [-0.2, -0.15) is 0 Å². The van der Waals surface area contributed by atoms with Crippen LogP contribution in [0.2, 0.25) is 0 Å². The lowest BCUT2D eigenvalue weighted by atomic mass is 9.83. The fourth-order valence-corrected chi connectivity index (χ4v) is 3.81. The fourth-order valence-electron chi connectivity index (χ4n) is 3.65.